The van der Waals surface area contributed by atoms with Crippen LogP contribution in [0.1, 0.15) is 10.4 Å². The van der Waals surface area contributed by atoms with Crippen LogP contribution in [0.4, 0.5) is 19.2 Å². The quantitative estimate of drug-likeness (QED) is 0.931. The maximum absolute atomic E-state index is 12.2. The summed E-state index contributed by atoms with van der Waals surface area (Å²) < 4.78 is 41.8. The highest BCUT2D eigenvalue weighted by atomic mass is 19.4. The first kappa shape index (κ1) is 13.2. The molecule has 0 atom stereocenters. The Morgan fingerprint density at radius 2 is 2.16 bits per heavy atom. The number of carbonyl (C=O) groups is 1. The second-order valence-electron chi connectivity index (χ2n) is 3.96. The number of hydrogen-bond donors (Lipinski definition) is 1. The summed E-state index contributed by atoms with van der Waals surface area (Å²) in [6, 6.07) is 3.69. The minimum atomic E-state index is -4.37. The summed E-state index contributed by atoms with van der Waals surface area (Å²) >= 11 is 0. The van der Waals surface area contributed by atoms with Gasteiger partial charge in [-0.2, -0.15) is 18.2 Å². The lowest BCUT2D eigenvalue weighted by Gasteiger charge is -2.15. The van der Waals surface area contributed by atoms with Gasteiger partial charge in [-0.1, -0.05) is 0 Å². The summed E-state index contributed by atoms with van der Waals surface area (Å²) in [7, 11) is 1.19. The van der Waals surface area contributed by atoms with E-state index in [9.17, 15) is 18.0 Å². The zero-order valence-electron chi connectivity index (χ0n) is 9.73. The van der Waals surface area contributed by atoms with E-state index in [-0.39, 0.29) is 17.2 Å². The summed E-state index contributed by atoms with van der Waals surface area (Å²) in [5.74, 6) is -1.15. The number of aromatic carboxylic acids is 1. The summed E-state index contributed by atoms with van der Waals surface area (Å²) in [6.45, 7) is -1.20. The van der Waals surface area contributed by atoms with Crippen molar-refractivity contribution >= 4 is 23.1 Å². The smallest absolute Gasteiger partial charge is 0.406 e. The molecule has 1 aromatic carbocycles. The van der Waals surface area contributed by atoms with E-state index in [1.54, 1.807) is 0 Å². The molecule has 1 heterocycles. The fourth-order valence-electron chi connectivity index (χ4n) is 1.55. The molecule has 2 rings (SSSR count). The molecule has 19 heavy (non-hydrogen) atoms. The molecule has 0 fully saturated rings. The van der Waals surface area contributed by atoms with Gasteiger partial charge in [0.25, 0.3) is 6.01 Å². The number of carboxylic acid groups (broad SMARTS) is 1. The van der Waals surface area contributed by atoms with Crippen LogP contribution < -0.4 is 4.90 Å². The Kier molecular flexibility index (Phi) is 3.09. The highest BCUT2D eigenvalue weighted by molar-refractivity contribution is 5.92. The first-order valence-corrected chi connectivity index (χ1v) is 5.18. The largest absolute Gasteiger partial charge is 0.478 e. The fourth-order valence-corrected chi connectivity index (χ4v) is 1.55. The van der Waals surface area contributed by atoms with Gasteiger partial charge >= 0.3 is 12.1 Å². The van der Waals surface area contributed by atoms with Crippen molar-refractivity contribution in [2.24, 2.45) is 0 Å². The van der Waals surface area contributed by atoms with Crippen LogP contribution in [-0.2, 0) is 0 Å². The van der Waals surface area contributed by atoms with Crippen molar-refractivity contribution in [3.63, 3.8) is 0 Å². The minimum absolute atomic E-state index is 0.0197. The Morgan fingerprint density at radius 3 is 2.74 bits per heavy atom. The number of oxazole rings is 1. The summed E-state index contributed by atoms with van der Waals surface area (Å²) in [5.41, 5.74) is 0.409. The van der Waals surface area contributed by atoms with Gasteiger partial charge in [0.1, 0.15) is 12.1 Å². The van der Waals surface area contributed by atoms with Crippen molar-refractivity contribution in [3.05, 3.63) is 23.8 Å². The Balaban J connectivity index is 2.33. The molecule has 5 nitrogen and oxygen atoms in total. The summed E-state index contributed by atoms with van der Waals surface area (Å²) in [5, 5.41) is 8.79. The van der Waals surface area contributed by atoms with Gasteiger partial charge in [0.2, 0.25) is 0 Å². The molecule has 0 unspecified atom stereocenters. The number of benzene rings is 1. The third-order valence-electron chi connectivity index (χ3n) is 2.37. The van der Waals surface area contributed by atoms with Gasteiger partial charge in [-0.15, -0.1) is 0 Å². The van der Waals surface area contributed by atoms with E-state index in [1.807, 2.05) is 0 Å². The lowest BCUT2D eigenvalue weighted by atomic mass is 10.2. The molecule has 0 aliphatic rings. The van der Waals surface area contributed by atoms with Crippen molar-refractivity contribution in [1.29, 1.82) is 0 Å². The topological polar surface area (TPSA) is 66.6 Å². The lowest BCUT2D eigenvalue weighted by Crippen LogP contribution is -2.30. The van der Waals surface area contributed by atoms with Gasteiger partial charge in [-0.25, -0.2) is 4.79 Å². The van der Waals surface area contributed by atoms with E-state index in [0.29, 0.717) is 5.52 Å². The number of carboxylic acids is 1. The van der Waals surface area contributed by atoms with Crippen LogP contribution in [0.25, 0.3) is 11.1 Å². The SMILES string of the molecule is CN(CC(F)(F)F)c1nc2ccc(C(=O)O)cc2o1. The predicted octanol–water partition coefficient (Wildman–Crippen LogP) is 2.52. The van der Waals surface area contributed by atoms with E-state index in [0.717, 1.165) is 4.90 Å². The molecule has 0 saturated carbocycles. The van der Waals surface area contributed by atoms with Crippen LogP contribution in [0.2, 0.25) is 0 Å². The van der Waals surface area contributed by atoms with Gasteiger partial charge < -0.3 is 14.4 Å². The van der Waals surface area contributed by atoms with Crippen molar-refractivity contribution in [2.45, 2.75) is 6.18 Å². The highest BCUT2D eigenvalue weighted by Gasteiger charge is 2.31. The Hall–Kier alpha value is -2.25. The first-order chi connectivity index (χ1) is 8.76. The third kappa shape index (κ3) is 2.95. The van der Waals surface area contributed by atoms with Gasteiger partial charge in [0.15, 0.2) is 5.58 Å². The number of hydrogen-bond acceptors (Lipinski definition) is 4. The van der Waals surface area contributed by atoms with Gasteiger partial charge in [0, 0.05) is 7.05 Å². The first-order valence-electron chi connectivity index (χ1n) is 5.18. The van der Waals surface area contributed by atoms with Crippen molar-refractivity contribution in [3.8, 4) is 0 Å². The highest BCUT2D eigenvalue weighted by Crippen LogP contribution is 2.25. The Morgan fingerprint density at radius 1 is 1.47 bits per heavy atom. The molecule has 1 aromatic heterocycles. The normalized spacial score (nSPS) is 11.8. The van der Waals surface area contributed by atoms with Gasteiger partial charge in [-0.05, 0) is 18.2 Å². The number of anilines is 1. The number of alkyl halides is 3. The summed E-state index contributed by atoms with van der Waals surface area (Å²) in [4.78, 5) is 15.4. The molecule has 1 N–H and O–H groups in total. The van der Waals surface area contributed by atoms with Crippen molar-refractivity contribution in [1.82, 2.24) is 4.98 Å². The average molecular weight is 274 g/mol. The standard InChI is InChI=1S/C11H9F3N2O3/c1-16(5-11(12,13)14)10-15-7-3-2-6(9(17)18)4-8(7)19-10/h2-4H,5H2,1H3,(H,17,18). The molecule has 0 aliphatic heterocycles. The molecule has 0 bridgehead atoms. The summed E-state index contributed by atoms with van der Waals surface area (Å²) in [6.07, 6.45) is -4.37. The molecular weight excluding hydrogens is 265 g/mol. The third-order valence-corrected chi connectivity index (χ3v) is 2.37. The molecule has 0 saturated heterocycles. The lowest BCUT2D eigenvalue weighted by molar-refractivity contribution is -0.119. The number of fused-ring (bicyclic) bond motifs is 1. The number of rotatable bonds is 3. The van der Waals surface area contributed by atoms with E-state index in [4.69, 9.17) is 9.52 Å². The molecule has 0 spiro atoms. The van der Waals surface area contributed by atoms with Crippen LogP contribution >= 0.6 is 0 Å². The van der Waals surface area contributed by atoms with Crippen LogP contribution in [-0.4, -0.2) is 35.8 Å². The van der Waals surface area contributed by atoms with E-state index in [2.05, 4.69) is 4.98 Å². The molecule has 0 radical (unpaired) electrons. The van der Waals surface area contributed by atoms with Crippen LogP contribution in [0.3, 0.4) is 0 Å². The minimum Gasteiger partial charge on any atom is -0.478 e. The Bertz CT molecular complexity index is 621. The van der Waals surface area contributed by atoms with E-state index < -0.39 is 18.7 Å². The van der Waals surface area contributed by atoms with Crippen molar-refractivity contribution < 1.29 is 27.5 Å². The second-order valence-corrected chi connectivity index (χ2v) is 3.96. The monoisotopic (exact) mass is 274 g/mol. The van der Waals surface area contributed by atoms with Crippen LogP contribution in [0.15, 0.2) is 22.6 Å². The van der Waals surface area contributed by atoms with Crippen LogP contribution in [0.5, 0.6) is 0 Å². The zero-order chi connectivity index (χ0) is 14.2. The molecule has 8 heteroatoms. The maximum atomic E-state index is 12.2. The molecule has 0 amide bonds. The zero-order valence-corrected chi connectivity index (χ0v) is 9.73. The number of halogens is 3. The maximum Gasteiger partial charge on any atom is 0.406 e. The van der Waals surface area contributed by atoms with Gasteiger partial charge in [-0.3, -0.25) is 0 Å². The Labute approximate surface area is 105 Å². The van der Waals surface area contributed by atoms with Crippen LogP contribution in [0, 0.1) is 0 Å². The fraction of sp³-hybridized carbons (Fsp3) is 0.273. The van der Waals surface area contributed by atoms with E-state index in [1.165, 1.54) is 25.2 Å². The van der Waals surface area contributed by atoms with Gasteiger partial charge in [0.05, 0.1) is 5.56 Å². The molecule has 0 aliphatic carbocycles. The number of aromatic nitrogens is 1. The van der Waals surface area contributed by atoms with E-state index >= 15 is 0 Å². The molecule has 2 aromatic rings. The number of nitrogens with zero attached hydrogens (tertiary/aromatic N) is 2. The molecular formula is C11H9F3N2O3. The average Bonchev–Trinajstić information content (AvgIpc) is 2.68. The molecule has 102 valence electrons. The second kappa shape index (κ2) is 4.45. The predicted molar refractivity (Wildman–Crippen MR) is 60.3 cm³/mol. The van der Waals surface area contributed by atoms with Crippen molar-refractivity contribution in [2.75, 3.05) is 18.5 Å².